The van der Waals surface area contributed by atoms with Crippen molar-refractivity contribution in [2.45, 2.75) is 12.6 Å². The summed E-state index contributed by atoms with van der Waals surface area (Å²) in [6, 6.07) is 26.1. The highest BCUT2D eigenvalue weighted by Gasteiger charge is 2.43. The Bertz CT molecular complexity index is 1250. The number of nitrogens with zero attached hydrogens (tertiary/aromatic N) is 2. The molecule has 2 aliphatic heterocycles. The highest BCUT2D eigenvalue weighted by Crippen LogP contribution is 2.38. The van der Waals surface area contributed by atoms with Gasteiger partial charge in [0.25, 0.3) is 5.91 Å². The fourth-order valence-corrected chi connectivity index (χ4v) is 4.43. The molecule has 3 aromatic rings. The van der Waals surface area contributed by atoms with Crippen LogP contribution in [-0.2, 0) is 11.3 Å². The van der Waals surface area contributed by atoms with E-state index in [-0.39, 0.29) is 11.9 Å². The lowest BCUT2D eigenvalue weighted by Gasteiger charge is -2.33. The highest BCUT2D eigenvalue weighted by atomic mass is 16.5. The van der Waals surface area contributed by atoms with Gasteiger partial charge in [-0.15, -0.1) is 6.58 Å². The molecule has 0 fully saturated rings. The minimum absolute atomic E-state index is 0.0766. The molecule has 3 amide bonds. The number of carbonyl (C=O) groups excluding carboxylic acids is 2. The summed E-state index contributed by atoms with van der Waals surface area (Å²) in [4.78, 5) is 30.0. The number of hydrogen-bond acceptors (Lipinski definition) is 3. The van der Waals surface area contributed by atoms with Crippen molar-refractivity contribution in [2.24, 2.45) is 0 Å². The predicted molar refractivity (Wildman–Crippen MR) is 130 cm³/mol. The molecule has 1 atom stereocenters. The van der Waals surface area contributed by atoms with Crippen molar-refractivity contribution < 1.29 is 14.3 Å². The maximum Gasteiger partial charge on any atom is 0.322 e. The molecular weight excluding hydrogens is 426 g/mol. The number of hydrogen-bond donors (Lipinski definition) is 1. The molecule has 0 aliphatic carbocycles. The molecule has 0 saturated carbocycles. The summed E-state index contributed by atoms with van der Waals surface area (Å²) >= 11 is 0. The van der Waals surface area contributed by atoms with E-state index in [2.05, 4.69) is 11.9 Å². The summed E-state index contributed by atoms with van der Waals surface area (Å²) in [6.45, 7) is 4.97. The molecule has 3 aromatic carbocycles. The monoisotopic (exact) mass is 451 g/mol. The molecule has 170 valence electrons. The predicted octanol–water partition coefficient (Wildman–Crippen LogP) is 5.03. The number of benzene rings is 3. The second-order valence-corrected chi connectivity index (χ2v) is 8.28. The third-order valence-electron chi connectivity index (χ3n) is 5.99. The van der Waals surface area contributed by atoms with Gasteiger partial charge in [0.05, 0.1) is 23.9 Å². The molecule has 0 radical (unpaired) electrons. The van der Waals surface area contributed by atoms with E-state index < -0.39 is 6.04 Å². The number of urea groups is 1. The summed E-state index contributed by atoms with van der Waals surface area (Å²) in [5.41, 5.74) is 3.15. The Labute approximate surface area is 198 Å². The molecule has 0 spiro atoms. The molecule has 6 heteroatoms. The zero-order valence-electron chi connectivity index (χ0n) is 18.7. The Morgan fingerprint density at radius 2 is 1.65 bits per heavy atom. The van der Waals surface area contributed by atoms with Gasteiger partial charge in [0.1, 0.15) is 11.5 Å². The molecule has 0 bridgehead atoms. The highest BCUT2D eigenvalue weighted by molar-refractivity contribution is 6.01. The number of carbonyl (C=O) groups is 2. The number of amides is 3. The van der Waals surface area contributed by atoms with Gasteiger partial charge in [0.15, 0.2) is 0 Å². The average Bonchev–Trinajstić information content (AvgIpc) is 3.18. The largest absolute Gasteiger partial charge is 0.457 e. The third kappa shape index (κ3) is 4.18. The lowest BCUT2D eigenvalue weighted by atomic mass is 9.95. The van der Waals surface area contributed by atoms with Crippen LogP contribution in [0.4, 0.5) is 4.79 Å². The summed E-state index contributed by atoms with van der Waals surface area (Å²) in [5.74, 6) is 1.28. The van der Waals surface area contributed by atoms with Crippen LogP contribution in [0.15, 0.2) is 109 Å². The third-order valence-corrected chi connectivity index (χ3v) is 5.99. The SMILES string of the molecule is C=CCN1C(=O)N[C@H](c2cccc(Oc3ccccc3)c2)C2=C1CN(Cc1ccccc1)C2=O. The van der Waals surface area contributed by atoms with Crippen molar-refractivity contribution in [3.8, 4) is 11.5 Å². The molecule has 1 N–H and O–H groups in total. The van der Waals surface area contributed by atoms with Crippen LogP contribution in [0.1, 0.15) is 17.2 Å². The van der Waals surface area contributed by atoms with Crippen LogP contribution in [0.5, 0.6) is 11.5 Å². The average molecular weight is 452 g/mol. The van der Waals surface area contributed by atoms with Crippen LogP contribution < -0.4 is 10.1 Å². The van der Waals surface area contributed by atoms with E-state index in [0.29, 0.717) is 31.0 Å². The molecule has 34 heavy (non-hydrogen) atoms. The van der Waals surface area contributed by atoms with Crippen LogP contribution in [-0.4, -0.2) is 34.8 Å². The van der Waals surface area contributed by atoms with Gasteiger partial charge in [0.2, 0.25) is 0 Å². The minimum atomic E-state index is -0.559. The molecule has 5 rings (SSSR count). The van der Waals surface area contributed by atoms with E-state index in [1.165, 1.54) is 0 Å². The van der Waals surface area contributed by atoms with Crippen LogP contribution in [0.3, 0.4) is 0 Å². The van der Waals surface area contributed by atoms with Crippen molar-refractivity contribution >= 4 is 11.9 Å². The lowest BCUT2D eigenvalue weighted by molar-refractivity contribution is -0.126. The van der Waals surface area contributed by atoms with Crippen molar-refractivity contribution in [3.05, 3.63) is 120 Å². The number of ether oxygens (including phenoxy) is 1. The Morgan fingerprint density at radius 3 is 2.38 bits per heavy atom. The van der Waals surface area contributed by atoms with Crippen LogP contribution in [0, 0.1) is 0 Å². The molecule has 6 nitrogen and oxygen atoms in total. The van der Waals surface area contributed by atoms with Gasteiger partial charge in [-0.2, -0.15) is 0 Å². The zero-order chi connectivity index (χ0) is 23.5. The van der Waals surface area contributed by atoms with Gasteiger partial charge in [-0.05, 0) is 35.4 Å². The Balaban J connectivity index is 1.48. The van der Waals surface area contributed by atoms with Gasteiger partial charge < -0.3 is 15.0 Å². The summed E-state index contributed by atoms with van der Waals surface area (Å²) in [5, 5.41) is 3.02. The summed E-state index contributed by atoms with van der Waals surface area (Å²) in [6.07, 6.45) is 1.67. The van der Waals surface area contributed by atoms with Gasteiger partial charge in [0, 0.05) is 13.1 Å². The fourth-order valence-electron chi connectivity index (χ4n) is 4.43. The van der Waals surface area contributed by atoms with Gasteiger partial charge in [-0.25, -0.2) is 4.79 Å². The topological polar surface area (TPSA) is 61.9 Å². The zero-order valence-corrected chi connectivity index (χ0v) is 18.7. The van der Waals surface area contributed by atoms with Gasteiger partial charge in [-0.3, -0.25) is 9.69 Å². The summed E-state index contributed by atoms with van der Waals surface area (Å²) in [7, 11) is 0. The van der Waals surface area contributed by atoms with E-state index in [9.17, 15) is 9.59 Å². The smallest absolute Gasteiger partial charge is 0.322 e. The lowest BCUT2D eigenvalue weighted by Crippen LogP contribution is -2.47. The molecule has 0 aromatic heterocycles. The molecule has 0 unspecified atom stereocenters. The molecule has 2 aliphatic rings. The molecular formula is C28H25N3O3. The van der Waals surface area contributed by atoms with Crippen LogP contribution in [0.2, 0.25) is 0 Å². The normalized spacial score (nSPS) is 17.5. The first kappa shape index (κ1) is 21.5. The minimum Gasteiger partial charge on any atom is -0.457 e. The van der Waals surface area contributed by atoms with E-state index in [0.717, 1.165) is 22.6 Å². The second-order valence-electron chi connectivity index (χ2n) is 8.28. The standard InChI is InChI=1S/C28H25N3O3/c1-2-16-31-24-19-30(18-20-10-5-3-6-11-20)27(32)25(24)26(29-28(31)33)21-12-9-15-23(17-21)34-22-13-7-4-8-14-22/h2-15,17,26H,1,16,18-19H2,(H,29,33)/t26-/m1/s1. The first-order valence-electron chi connectivity index (χ1n) is 11.2. The van der Waals surface area contributed by atoms with Crippen molar-refractivity contribution in [1.29, 1.82) is 0 Å². The number of rotatable bonds is 7. The van der Waals surface area contributed by atoms with Crippen molar-refractivity contribution in [2.75, 3.05) is 13.1 Å². The number of para-hydroxylation sites is 1. The number of nitrogens with one attached hydrogen (secondary N) is 1. The fraction of sp³-hybridized carbons (Fsp3) is 0.143. The van der Waals surface area contributed by atoms with Crippen molar-refractivity contribution in [1.82, 2.24) is 15.1 Å². The van der Waals surface area contributed by atoms with Gasteiger partial charge in [-0.1, -0.05) is 66.7 Å². The van der Waals surface area contributed by atoms with E-state index >= 15 is 0 Å². The first-order valence-corrected chi connectivity index (χ1v) is 11.2. The Morgan fingerprint density at radius 1 is 0.941 bits per heavy atom. The van der Waals surface area contributed by atoms with Crippen LogP contribution in [0.25, 0.3) is 0 Å². The van der Waals surface area contributed by atoms with E-state index in [1.807, 2.05) is 84.9 Å². The maximum atomic E-state index is 13.6. The molecule has 2 heterocycles. The second kappa shape index (κ2) is 9.27. The molecule has 0 saturated heterocycles. The Hall–Kier alpha value is -4.32. The van der Waals surface area contributed by atoms with Gasteiger partial charge >= 0.3 is 6.03 Å². The van der Waals surface area contributed by atoms with Crippen LogP contribution >= 0.6 is 0 Å². The first-order chi connectivity index (χ1) is 16.6. The van der Waals surface area contributed by atoms with Crippen molar-refractivity contribution in [3.63, 3.8) is 0 Å². The maximum absolute atomic E-state index is 13.6. The van der Waals surface area contributed by atoms with E-state index in [1.54, 1.807) is 15.9 Å². The quantitative estimate of drug-likeness (QED) is 0.513. The Kier molecular flexibility index (Phi) is 5.87. The van der Waals surface area contributed by atoms with E-state index in [4.69, 9.17) is 4.74 Å². The summed E-state index contributed by atoms with van der Waals surface area (Å²) < 4.78 is 5.99.